The van der Waals surface area contributed by atoms with Crippen molar-refractivity contribution < 1.29 is 14.3 Å². The minimum absolute atomic E-state index is 0.0143. The summed E-state index contributed by atoms with van der Waals surface area (Å²) in [4.78, 5) is 11.9. The molecule has 0 saturated heterocycles. The van der Waals surface area contributed by atoms with Crippen LogP contribution in [0.1, 0.15) is 15.9 Å². The second-order valence-electron chi connectivity index (χ2n) is 3.83. The van der Waals surface area contributed by atoms with E-state index in [1.54, 1.807) is 6.07 Å². The van der Waals surface area contributed by atoms with Crippen LogP contribution >= 0.6 is 23.4 Å². The van der Waals surface area contributed by atoms with Crippen LogP contribution in [0, 0.1) is 5.82 Å². The van der Waals surface area contributed by atoms with Crippen LogP contribution in [0.4, 0.5) is 4.39 Å². The Kier molecular flexibility index (Phi) is 4.45. The number of thioether (sulfide) groups is 1. The molecule has 0 aliphatic heterocycles. The minimum atomic E-state index is -1.13. The minimum Gasteiger partial charge on any atom is -0.478 e. The maximum Gasteiger partial charge on any atom is 0.336 e. The van der Waals surface area contributed by atoms with Gasteiger partial charge in [-0.05, 0) is 29.8 Å². The molecule has 2 aromatic rings. The Hall–Kier alpha value is -1.52. The Morgan fingerprint density at radius 1 is 1.26 bits per heavy atom. The summed E-state index contributed by atoms with van der Waals surface area (Å²) in [7, 11) is 0. The zero-order valence-corrected chi connectivity index (χ0v) is 11.3. The molecular formula is C14H10ClFO2S. The van der Waals surface area contributed by atoms with Crippen molar-refractivity contribution >= 4 is 29.3 Å². The maximum atomic E-state index is 13.0. The molecule has 1 N–H and O–H groups in total. The number of benzene rings is 2. The first-order valence-corrected chi connectivity index (χ1v) is 6.83. The maximum absolute atomic E-state index is 13.0. The molecule has 0 bridgehead atoms. The summed E-state index contributed by atoms with van der Waals surface area (Å²) in [5.74, 6) is -1.26. The first kappa shape index (κ1) is 13.9. The lowest BCUT2D eigenvalue weighted by Crippen LogP contribution is -2.02. The van der Waals surface area contributed by atoms with E-state index < -0.39 is 11.8 Å². The van der Waals surface area contributed by atoms with E-state index in [1.165, 1.54) is 23.9 Å². The summed E-state index contributed by atoms with van der Waals surface area (Å²) in [6.07, 6.45) is 0. The fourth-order valence-corrected chi connectivity index (χ4v) is 2.83. The third kappa shape index (κ3) is 3.49. The summed E-state index contributed by atoms with van der Waals surface area (Å²) in [6, 6.07) is 11.1. The zero-order valence-electron chi connectivity index (χ0n) is 9.77. The fraction of sp³-hybridized carbons (Fsp3) is 0.0714. The Bertz CT molecular complexity index is 616. The Morgan fingerprint density at radius 2 is 2.00 bits per heavy atom. The molecule has 2 rings (SSSR count). The highest BCUT2D eigenvalue weighted by Gasteiger charge is 2.12. The molecule has 0 aliphatic carbocycles. The van der Waals surface area contributed by atoms with Gasteiger partial charge in [-0.2, -0.15) is 0 Å². The van der Waals surface area contributed by atoms with Gasteiger partial charge < -0.3 is 5.11 Å². The molecule has 5 heteroatoms. The van der Waals surface area contributed by atoms with Crippen LogP contribution in [0.3, 0.4) is 0 Å². The largest absolute Gasteiger partial charge is 0.478 e. The molecule has 0 amide bonds. The van der Waals surface area contributed by atoms with Gasteiger partial charge in [-0.15, -0.1) is 11.8 Å². The standard InChI is InChI=1S/C14H10ClFO2S/c15-12-3-1-2-4-13(12)19-8-9-5-6-10(16)7-11(9)14(17)18/h1-7H,8H2,(H,17,18). The van der Waals surface area contributed by atoms with Gasteiger partial charge in [0.2, 0.25) is 0 Å². The number of carboxylic acid groups (broad SMARTS) is 1. The van der Waals surface area contributed by atoms with Gasteiger partial charge in [-0.1, -0.05) is 29.8 Å². The van der Waals surface area contributed by atoms with Gasteiger partial charge in [0, 0.05) is 10.6 Å². The van der Waals surface area contributed by atoms with Crippen molar-refractivity contribution in [2.24, 2.45) is 0 Å². The van der Waals surface area contributed by atoms with Crippen LogP contribution in [0.2, 0.25) is 5.02 Å². The van der Waals surface area contributed by atoms with E-state index in [0.717, 1.165) is 11.0 Å². The van der Waals surface area contributed by atoms with E-state index >= 15 is 0 Å². The number of rotatable bonds is 4. The Labute approximate surface area is 119 Å². The van der Waals surface area contributed by atoms with Gasteiger partial charge >= 0.3 is 5.97 Å². The molecule has 19 heavy (non-hydrogen) atoms. The number of aromatic carboxylic acids is 1. The van der Waals surface area contributed by atoms with Gasteiger partial charge in [0.15, 0.2) is 0 Å². The quantitative estimate of drug-likeness (QED) is 0.846. The van der Waals surface area contributed by atoms with Crippen LogP contribution in [0.5, 0.6) is 0 Å². The monoisotopic (exact) mass is 296 g/mol. The van der Waals surface area contributed by atoms with Crippen molar-refractivity contribution in [2.75, 3.05) is 0 Å². The molecule has 0 spiro atoms. The van der Waals surface area contributed by atoms with E-state index in [9.17, 15) is 9.18 Å². The van der Waals surface area contributed by atoms with Crippen molar-refractivity contribution in [1.29, 1.82) is 0 Å². The second kappa shape index (κ2) is 6.08. The Balaban J connectivity index is 2.20. The number of hydrogen-bond acceptors (Lipinski definition) is 2. The molecule has 0 atom stereocenters. The number of halogens is 2. The predicted molar refractivity (Wildman–Crippen MR) is 74.4 cm³/mol. The predicted octanol–water partition coefficient (Wildman–Crippen LogP) is 4.47. The van der Waals surface area contributed by atoms with Crippen LogP contribution < -0.4 is 0 Å². The van der Waals surface area contributed by atoms with Gasteiger partial charge in [0.1, 0.15) is 5.82 Å². The van der Waals surface area contributed by atoms with Crippen LogP contribution in [-0.2, 0) is 5.75 Å². The van der Waals surface area contributed by atoms with E-state index in [-0.39, 0.29) is 5.56 Å². The third-order valence-electron chi connectivity index (χ3n) is 2.52. The van der Waals surface area contributed by atoms with E-state index in [1.807, 2.05) is 18.2 Å². The third-order valence-corrected chi connectivity index (χ3v) is 4.09. The van der Waals surface area contributed by atoms with Crippen molar-refractivity contribution in [3.8, 4) is 0 Å². The van der Waals surface area contributed by atoms with Gasteiger partial charge in [0.05, 0.1) is 10.6 Å². The smallest absolute Gasteiger partial charge is 0.336 e. The lowest BCUT2D eigenvalue weighted by molar-refractivity contribution is 0.0695. The van der Waals surface area contributed by atoms with Crippen molar-refractivity contribution in [3.05, 3.63) is 64.4 Å². The SMILES string of the molecule is O=C(O)c1cc(F)ccc1CSc1ccccc1Cl. The highest BCUT2D eigenvalue weighted by Crippen LogP contribution is 2.30. The van der Waals surface area contributed by atoms with Crippen molar-refractivity contribution in [3.63, 3.8) is 0 Å². The summed E-state index contributed by atoms with van der Waals surface area (Å²) in [6.45, 7) is 0. The number of carboxylic acids is 1. The van der Waals surface area contributed by atoms with E-state index in [4.69, 9.17) is 16.7 Å². The molecule has 98 valence electrons. The lowest BCUT2D eigenvalue weighted by Gasteiger charge is -2.07. The molecule has 2 aromatic carbocycles. The highest BCUT2D eigenvalue weighted by atomic mass is 35.5. The average molecular weight is 297 g/mol. The molecule has 0 saturated carbocycles. The highest BCUT2D eigenvalue weighted by molar-refractivity contribution is 7.98. The van der Waals surface area contributed by atoms with Crippen LogP contribution in [0.25, 0.3) is 0 Å². The number of carbonyl (C=O) groups is 1. The first-order chi connectivity index (χ1) is 9.08. The second-order valence-corrected chi connectivity index (χ2v) is 5.25. The van der Waals surface area contributed by atoms with Crippen molar-refractivity contribution in [2.45, 2.75) is 10.6 Å². The van der Waals surface area contributed by atoms with Crippen LogP contribution in [0.15, 0.2) is 47.4 Å². The summed E-state index contributed by atoms with van der Waals surface area (Å²) in [5, 5.41) is 9.66. The molecule has 2 nitrogen and oxygen atoms in total. The fourth-order valence-electron chi connectivity index (χ4n) is 1.59. The van der Waals surface area contributed by atoms with Gasteiger partial charge in [-0.25, -0.2) is 9.18 Å². The van der Waals surface area contributed by atoms with Gasteiger partial charge in [0.25, 0.3) is 0 Å². The average Bonchev–Trinajstić information content (AvgIpc) is 2.38. The molecule has 0 unspecified atom stereocenters. The topological polar surface area (TPSA) is 37.3 Å². The zero-order chi connectivity index (χ0) is 13.8. The molecular weight excluding hydrogens is 287 g/mol. The summed E-state index contributed by atoms with van der Waals surface area (Å²) >= 11 is 7.44. The normalized spacial score (nSPS) is 10.4. The van der Waals surface area contributed by atoms with Gasteiger partial charge in [-0.3, -0.25) is 0 Å². The molecule has 0 radical (unpaired) electrons. The molecule has 0 heterocycles. The lowest BCUT2D eigenvalue weighted by atomic mass is 10.1. The van der Waals surface area contributed by atoms with Crippen LogP contribution in [-0.4, -0.2) is 11.1 Å². The Morgan fingerprint density at radius 3 is 2.68 bits per heavy atom. The first-order valence-electron chi connectivity index (χ1n) is 5.47. The molecule has 0 aliphatic rings. The summed E-state index contributed by atoms with van der Waals surface area (Å²) in [5.41, 5.74) is 0.554. The number of hydrogen-bond donors (Lipinski definition) is 1. The van der Waals surface area contributed by atoms with E-state index in [0.29, 0.717) is 16.3 Å². The molecule has 0 aromatic heterocycles. The molecule has 0 fully saturated rings. The van der Waals surface area contributed by atoms with E-state index in [2.05, 4.69) is 0 Å². The van der Waals surface area contributed by atoms with Crippen molar-refractivity contribution in [1.82, 2.24) is 0 Å². The summed E-state index contributed by atoms with van der Waals surface area (Å²) < 4.78 is 13.0.